The maximum Gasteiger partial charge on any atom is 0.299 e. The zero-order valence-electron chi connectivity index (χ0n) is 29.0. The zero-order valence-corrected chi connectivity index (χ0v) is 31.4. The van der Waals surface area contributed by atoms with E-state index in [1.807, 2.05) is 44.2 Å². The summed E-state index contributed by atoms with van der Waals surface area (Å²) in [5.41, 5.74) is 12.4. The third-order valence-electron chi connectivity index (χ3n) is 11.6. The summed E-state index contributed by atoms with van der Waals surface area (Å²) in [5.74, 6) is 0.264. The molecule has 6 aliphatic carbocycles. The molecule has 18 heteroatoms. The van der Waals surface area contributed by atoms with E-state index < -0.39 is 19.3 Å². The van der Waals surface area contributed by atoms with Crippen LogP contribution in [0.4, 0.5) is 0 Å². The van der Waals surface area contributed by atoms with E-state index in [1.165, 1.54) is 16.9 Å². The van der Waals surface area contributed by atoms with Crippen LogP contribution in [0.15, 0.2) is 49.6 Å². The molecule has 6 saturated carbocycles. The van der Waals surface area contributed by atoms with Gasteiger partial charge in [0.2, 0.25) is 10.0 Å². The van der Waals surface area contributed by atoms with Crippen LogP contribution in [0.2, 0.25) is 0 Å². The van der Waals surface area contributed by atoms with Crippen LogP contribution >= 0.6 is 10.7 Å². The van der Waals surface area contributed by atoms with Crippen LogP contribution in [0.5, 0.6) is 0 Å². The lowest BCUT2D eigenvalue weighted by molar-refractivity contribution is -0.168. The lowest BCUT2D eigenvalue weighted by atomic mass is 9.40. The third kappa shape index (κ3) is 5.62. The largest absolute Gasteiger partial charge is 0.346 e. The minimum Gasteiger partial charge on any atom is -0.346 e. The van der Waals surface area contributed by atoms with Gasteiger partial charge in [-0.3, -0.25) is 0 Å². The number of nitrogens with zero attached hydrogens (tertiary/aromatic N) is 8. The molecule has 0 aliphatic heterocycles. The molecule has 52 heavy (non-hydrogen) atoms. The second kappa shape index (κ2) is 12.2. The minimum atomic E-state index is -3.45. The van der Waals surface area contributed by atoms with Gasteiger partial charge in [0, 0.05) is 72.1 Å². The van der Waals surface area contributed by atoms with Gasteiger partial charge < -0.3 is 24.8 Å². The summed E-state index contributed by atoms with van der Waals surface area (Å²) in [4.78, 5) is 24.1. The van der Waals surface area contributed by atoms with E-state index in [9.17, 15) is 16.8 Å². The summed E-state index contributed by atoms with van der Waals surface area (Å²) in [6.45, 7) is 4.51. The molecule has 0 radical (unpaired) electrons. The summed E-state index contributed by atoms with van der Waals surface area (Å²) < 4.78 is 52.5. The first kappa shape index (κ1) is 36.7. The van der Waals surface area contributed by atoms with Crippen molar-refractivity contribution in [1.82, 2.24) is 47.6 Å². The van der Waals surface area contributed by atoms with Crippen molar-refractivity contribution < 1.29 is 16.8 Å². The molecule has 0 unspecified atom stereocenters. The Kier molecular flexibility index (Phi) is 8.63. The molecule has 6 heterocycles. The van der Waals surface area contributed by atoms with Crippen molar-refractivity contribution in [2.24, 2.45) is 11.1 Å². The average Bonchev–Trinajstić information content (AvgIpc) is 3.83. The number of H-pyrrole nitrogens is 2. The molecule has 6 aromatic heterocycles. The van der Waals surface area contributed by atoms with Crippen LogP contribution in [0.3, 0.4) is 0 Å². The molecule has 6 fully saturated rings. The fourth-order valence-electron chi connectivity index (χ4n) is 9.00. The number of imidazole rings is 2. The van der Waals surface area contributed by atoms with Gasteiger partial charge in [-0.2, -0.15) is 12.7 Å². The van der Waals surface area contributed by atoms with E-state index in [2.05, 4.69) is 45.1 Å². The third-order valence-corrected chi connectivity index (χ3v) is 15.5. The van der Waals surface area contributed by atoms with Gasteiger partial charge in [-0.1, -0.05) is 21.3 Å². The maximum absolute atomic E-state index is 12.4. The Bertz CT molecular complexity index is 2500. The molecule has 0 atom stereocenters. The second-order valence-corrected chi connectivity index (χ2v) is 19.8. The van der Waals surface area contributed by atoms with Gasteiger partial charge >= 0.3 is 0 Å². The van der Waals surface area contributed by atoms with Gasteiger partial charge in [0.05, 0.1) is 47.4 Å². The molecule has 4 N–H and O–H groups in total. The minimum absolute atomic E-state index is 0. The monoisotopic (exact) mass is 771 g/mol. The van der Waals surface area contributed by atoms with E-state index in [0.29, 0.717) is 13.1 Å². The Morgan fingerprint density at radius 1 is 0.769 bits per heavy atom. The van der Waals surface area contributed by atoms with E-state index in [-0.39, 0.29) is 35.2 Å². The van der Waals surface area contributed by atoms with Gasteiger partial charge in [-0.25, -0.2) is 32.7 Å². The lowest BCUT2D eigenvalue weighted by Crippen LogP contribution is -2.76. The summed E-state index contributed by atoms with van der Waals surface area (Å²) in [6.07, 6.45) is 17.3. The molecule has 0 amide bonds. The molecule has 0 saturated heterocycles. The van der Waals surface area contributed by atoms with Gasteiger partial charge in [0.25, 0.3) is 9.24 Å². The van der Waals surface area contributed by atoms with E-state index in [0.717, 1.165) is 81.4 Å². The first-order valence-electron chi connectivity index (χ1n) is 17.0. The summed E-state index contributed by atoms with van der Waals surface area (Å²) >= 11 is 0. The molecule has 280 valence electrons. The van der Waals surface area contributed by atoms with Crippen LogP contribution < -0.4 is 5.73 Å². The number of sulfonamides is 1. The van der Waals surface area contributed by atoms with Crippen molar-refractivity contribution in [3.05, 3.63) is 49.6 Å². The molecule has 0 aromatic carbocycles. The van der Waals surface area contributed by atoms with Crippen LogP contribution in [0.25, 0.3) is 44.1 Å². The number of hydrogen-bond acceptors (Lipinski definition) is 9. The van der Waals surface area contributed by atoms with Crippen molar-refractivity contribution in [3.63, 3.8) is 0 Å². The SMILES string of the molecule is C.CCN(C)S(=O)(=O)CC12CC(n3cnc4cnc5[nH]ccc5c43)(C1)C2.CCN(C)S(=O)(=O)Cl.NC12CC(n3cnc4cnc5[nH]ccc5c43)(C1)C2. The van der Waals surface area contributed by atoms with Crippen LogP contribution in [-0.2, 0) is 30.3 Å². The van der Waals surface area contributed by atoms with Gasteiger partial charge in [-0.05, 0) is 56.1 Å². The van der Waals surface area contributed by atoms with Crippen molar-refractivity contribution >= 4 is 74.1 Å². The predicted octanol–water partition coefficient (Wildman–Crippen LogP) is 4.63. The van der Waals surface area contributed by atoms with Crippen LogP contribution in [0, 0.1) is 5.41 Å². The smallest absolute Gasteiger partial charge is 0.299 e. The number of nitrogens with two attached hydrogens (primary N) is 1. The molecular weight excluding hydrogens is 726 g/mol. The van der Waals surface area contributed by atoms with E-state index >= 15 is 0 Å². The summed E-state index contributed by atoms with van der Waals surface area (Å²) in [7, 11) is 1.35. The van der Waals surface area contributed by atoms with Gasteiger partial charge in [-0.15, -0.1) is 0 Å². The highest BCUT2D eigenvalue weighted by molar-refractivity contribution is 8.11. The number of rotatable bonds is 8. The first-order chi connectivity index (χ1) is 24.1. The highest BCUT2D eigenvalue weighted by Crippen LogP contribution is 2.72. The van der Waals surface area contributed by atoms with Crippen molar-refractivity contribution in [3.8, 4) is 0 Å². The number of fused-ring (bicyclic) bond motifs is 6. The quantitative estimate of drug-likeness (QED) is 0.185. The van der Waals surface area contributed by atoms with Crippen molar-refractivity contribution in [2.45, 2.75) is 76.4 Å². The number of hydrogen-bond donors (Lipinski definition) is 3. The van der Waals surface area contributed by atoms with E-state index in [1.54, 1.807) is 20.2 Å². The molecule has 15 nitrogen and oxygen atoms in total. The number of pyridine rings is 2. The fraction of sp³-hybridized carbons (Fsp3) is 0.529. The van der Waals surface area contributed by atoms with Crippen LogP contribution in [-0.4, -0.2) is 103 Å². The molecular formula is C34H46ClN11O4S2. The maximum atomic E-state index is 12.4. The molecule has 12 rings (SSSR count). The van der Waals surface area contributed by atoms with Gasteiger partial charge in [0.15, 0.2) is 0 Å². The number of halogens is 1. The van der Waals surface area contributed by atoms with Gasteiger partial charge in [0.1, 0.15) is 22.3 Å². The number of aromatic amines is 2. The Balaban J connectivity index is 0.000000136. The highest BCUT2D eigenvalue weighted by Gasteiger charge is 2.70. The van der Waals surface area contributed by atoms with E-state index in [4.69, 9.17) is 16.4 Å². The first-order valence-corrected chi connectivity index (χ1v) is 20.9. The normalized spacial score (nSPS) is 27.2. The summed E-state index contributed by atoms with van der Waals surface area (Å²) in [5, 5.41) is 2.23. The topological polar surface area (TPSA) is 194 Å². The Labute approximate surface area is 307 Å². The zero-order chi connectivity index (χ0) is 36.2. The average molecular weight is 772 g/mol. The number of aromatic nitrogens is 8. The highest BCUT2D eigenvalue weighted by atomic mass is 35.7. The van der Waals surface area contributed by atoms with Crippen LogP contribution in [0.1, 0.15) is 59.8 Å². The molecule has 6 aromatic rings. The predicted molar refractivity (Wildman–Crippen MR) is 204 cm³/mol. The Hall–Kier alpha value is -3.61. The number of nitrogens with one attached hydrogen (secondary N) is 2. The Morgan fingerprint density at radius 3 is 1.60 bits per heavy atom. The second-order valence-electron chi connectivity index (χ2n) is 15.1. The standard InChI is InChI=1S/C17H21N5O2S.C13H13N5.C3H8ClNO2S.CH4/c1-3-21(2)25(23,24)10-16-7-17(8-16,9-16)22-11-20-13-6-19-15-12(14(13)22)4-5-18-15;14-12-4-13(5-12,6-12)18-7-17-9-3-16-11-8(10(9)18)1-2-15-11;1-3-5(2)8(4,6)7;/h4-6,11H,3,7-10H2,1-2H3,(H,18,19);1-3,7H,4-6,14H2,(H,15,16);3H2,1-2H3;1H4. The lowest BCUT2D eigenvalue weighted by Gasteiger charge is -2.71. The fourth-order valence-corrected chi connectivity index (χ4v) is 11.3. The van der Waals surface area contributed by atoms with Crippen molar-refractivity contribution in [1.29, 1.82) is 0 Å². The molecule has 6 aliphatic rings. The Morgan fingerprint density at radius 2 is 1.21 bits per heavy atom. The molecule has 0 spiro atoms. The summed E-state index contributed by atoms with van der Waals surface area (Å²) in [6, 6.07) is 4.11. The van der Waals surface area contributed by atoms with Crippen molar-refractivity contribution in [2.75, 3.05) is 32.9 Å². The molecule has 4 bridgehead atoms.